The second-order valence-electron chi connectivity index (χ2n) is 4.10. The Balaban J connectivity index is 2.74. The number of carbonyl (C=O) groups is 2. The van der Waals surface area contributed by atoms with Gasteiger partial charge in [-0.3, -0.25) is 9.59 Å². The monoisotopic (exact) mass is 250 g/mol. The molecule has 0 fully saturated rings. The molecule has 0 bridgehead atoms. The van der Waals surface area contributed by atoms with E-state index in [0.717, 1.165) is 0 Å². The Morgan fingerprint density at radius 1 is 1.39 bits per heavy atom. The zero-order chi connectivity index (χ0) is 13.7. The number of rotatable bonds is 4. The Morgan fingerprint density at radius 3 is 2.67 bits per heavy atom. The fraction of sp³-hybridized carbons (Fsp3) is 0.385. The largest absolute Gasteiger partial charge is 0.508 e. The third-order valence-corrected chi connectivity index (χ3v) is 2.84. The first-order chi connectivity index (χ1) is 8.47. The van der Waals surface area contributed by atoms with E-state index in [4.69, 9.17) is 0 Å². The van der Waals surface area contributed by atoms with Gasteiger partial charge in [-0.1, -0.05) is 6.07 Å². The first-order valence-electron chi connectivity index (χ1n) is 5.72. The summed E-state index contributed by atoms with van der Waals surface area (Å²) in [5.41, 5.74) is 1.00. The molecule has 0 radical (unpaired) electrons. The van der Waals surface area contributed by atoms with E-state index in [2.05, 4.69) is 5.32 Å². The minimum Gasteiger partial charge on any atom is -0.508 e. The summed E-state index contributed by atoms with van der Waals surface area (Å²) in [6.45, 7) is 2.03. The number of phenols is 1. The minimum absolute atomic E-state index is 0.0977. The first kappa shape index (κ1) is 14.0. The van der Waals surface area contributed by atoms with Crippen molar-refractivity contribution < 1.29 is 14.7 Å². The molecule has 98 valence electrons. The molecule has 0 saturated heterocycles. The zero-order valence-corrected chi connectivity index (χ0v) is 10.9. The van der Waals surface area contributed by atoms with E-state index in [1.54, 1.807) is 33.2 Å². The molecule has 0 aliphatic heterocycles. The van der Waals surface area contributed by atoms with Crippen molar-refractivity contribution in [2.75, 3.05) is 20.6 Å². The van der Waals surface area contributed by atoms with Gasteiger partial charge in [-0.15, -0.1) is 0 Å². The van der Waals surface area contributed by atoms with Gasteiger partial charge >= 0.3 is 0 Å². The molecule has 5 heteroatoms. The van der Waals surface area contributed by atoms with E-state index < -0.39 is 0 Å². The minimum atomic E-state index is -0.202. The maximum absolute atomic E-state index is 12.1. The third kappa shape index (κ3) is 3.23. The number of phenolic OH excluding ortho intramolecular Hbond substituents is 1. The van der Waals surface area contributed by atoms with Gasteiger partial charge in [-0.25, -0.2) is 0 Å². The zero-order valence-electron chi connectivity index (χ0n) is 10.9. The summed E-state index contributed by atoms with van der Waals surface area (Å²) >= 11 is 0. The Morgan fingerprint density at radius 2 is 2.06 bits per heavy atom. The Kier molecular flexibility index (Phi) is 4.71. The number of aromatic hydroxyl groups is 1. The van der Waals surface area contributed by atoms with Gasteiger partial charge in [0, 0.05) is 38.2 Å². The first-order valence-corrected chi connectivity index (χ1v) is 5.72. The Bertz CT molecular complexity index is 458. The van der Waals surface area contributed by atoms with Gasteiger partial charge < -0.3 is 15.3 Å². The molecule has 5 nitrogen and oxygen atoms in total. The number of carbonyl (C=O) groups excluding carboxylic acids is 2. The summed E-state index contributed by atoms with van der Waals surface area (Å²) in [7, 11) is 3.19. The van der Waals surface area contributed by atoms with Gasteiger partial charge in [0.05, 0.1) is 0 Å². The van der Waals surface area contributed by atoms with Crippen LogP contribution in [-0.4, -0.2) is 42.5 Å². The number of hydrogen-bond donors (Lipinski definition) is 2. The molecule has 0 heterocycles. The normalized spacial score (nSPS) is 9.94. The highest BCUT2D eigenvalue weighted by Crippen LogP contribution is 2.20. The van der Waals surface area contributed by atoms with Crippen LogP contribution < -0.4 is 5.32 Å². The SMILES string of the molecule is CNC(=O)CCN(C)C(=O)c1cccc(O)c1C. The molecule has 0 unspecified atom stereocenters. The molecular formula is C13H18N2O3. The van der Waals surface area contributed by atoms with E-state index in [9.17, 15) is 14.7 Å². The maximum atomic E-state index is 12.1. The van der Waals surface area contributed by atoms with Crippen LogP contribution in [0.2, 0.25) is 0 Å². The quantitative estimate of drug-likeness (QED) is 0.834. The highest BCUT2D eigenvalue weighted by Gasteiger charge is 2.16. The van der Waals surface area contributed by atoms with Crippen molar-refractivity contribution in [3.05, 3.63) is 29.3 Å². The lowest BCUT2D eigenvalue weighted by Crippen LogP contribution is -2.31. The third-order valence-electron chi connectivity index (χ3n) is 2.84. The Hall–Kier alpha value is -2.04. The van der Waals surface area contributed by atoms with Crippen molar-refractivity contribution in [2.45, 2.75) is 13.3 Å². The molecule has 18 heavy (non-hydrogen) atoms. The van der Waals surface area contributed by atoms with Gasteiger partial charge in [0.25, 0.3) is 5.91 Å². The number of nitrogens with zero attached hydrogens (tertiary/aromatic N) is 1. The highest BCUT2D eigenvalue weighted by molar-refractivity contribution is 5.96. The highest BCUT2D eigenvalue weighted by atomic mass is 16.3. The summed E-state index contributed by atoms with van der Waals surface area (Å²) < 4.78 is 0. The van der Waals surface area contributed by atoms with Crippen LogP contribution in [0.3, 0.4) is 0 Å². The van der Waals surface area contributed by atoms with E-state index >= 15 is 0 Å². The lowest BCUT2D eigenvalue weighted by atomic mass is 10.1. The second-order valence-corrected chi connectivity index (χ2v) is 4.10. The number of nitrogens with one attached hydrogen (secondary N) is 1. The standard InChI is InChI=1S/C13H18N2O3/c1-9-10(5-4-6-11(9)16)13(18)15(3)8-7-12(17)14-2/h4-6,16H,7-8H2,1-3H3,(H,14,17). The van der Waals surface area contributed by atoms with Crippen LogP contribution in [0.15, 0.2) is 18.2 Å². The second kappa shape index (κ2) is 6.05. The van der Waals surface area contributed by atoms with Gasteiger partial charge in [0.15, 0.2) is 0 Å². The molecule has 0 saturated carbocycles. The van der Waals surface area contributed by atoms with Crippen LogP contribution in [-0.2, 0) is 4.79 Å². The summed E-state index contributed by atoms with van der Waals surface area (Å²) in [6, 6.07) is 4.83. The maximum Gasteiger partial charge on any atom is 0.254 e. The fourth-order valence-corrected chi connectivity index (χ4v) is 1.56. The van der Waals surface area contributed by atoms with Crippen LogP contribution in [0, 0.1) is 6.92 Å². The van der Waals surface area contributed by atoms with Crippen LogP contribution in [0.5, 0.6) is 5.75 Å². The van der Waals surface area contributed by atoms with Crippen molar-refractivity contribution in [2.24, 2.45) is 0 Å². The predicted molar refractivity (Wildman–Crippen MR) is 68.5 cm³/mol. The molecule has 0 spiro atoms. The molecule has 2 amide bonds. The molecule has 2 N–H and O–H groups in total. The van der Waals surface area contributed by atoms with Crippen LogP contribution in [0.25, 0.3) is 0 Å². The number of hydrogen-bond acceptors (Lipinski definition) is 3. The molecular weight excluding hydrogens is 232 g/mol. The van der Waals surface area contributed by atoms with Crippen molar-refractivity contribution in [3.8, 4) is 5.75 Å². The van der Waals surface area contributed by atoms with E-state index in [0.29, 0.717) is 17.7 Å². The summed E-state index contributed by atoms with van der Waals surface area (Å²) in [4.78, 5) is 24.7. The predicted octanol–water partition coefficient (Wildman–Crippen LogP) is 0.909. The van der Waals surface area contributed by atoms with E-state index in [1.807, 2.05) is 0 Å². The van der Waals surface area contributed by atoms with Crippen LogP contribution in [0.1, 0.15) is 22.3 Å². The van der Waals surface area contributed by atoms with E-state index in [-0.39, 0.29) is 24.0 Å². The average Bonchev–Trinajstić information content (AvgIpc) is 2.37. The molecule has 0 aliphatic rings. The van der Waals surface area contributed by atoms with Crippen molar-refractivity contribution in [1.82, 2.24) is 10.2 Å². The average molecular weight is 250 g/mol. The molecule has 1 rings (SSSR count). The van der Waals surface area contributed by atoms with Crippen LogP contribution in [0.4, 0.5) is 0 Å². The lowest BCUT2D eigenvalue weighted by molar-refractivity contribution is -0.120. The summed E-state index contributed by atoms with van der Waals surface area (Å²) in [6.07, 6.45) is 0.261. The van der Waals surface area contributed by atoms with Gasteiger partial charge in [0.1, 0.15) is 5.75 Å². The number of amides is 2. The number of benzene rings is 1. The van der Waals surface area contributed by atoms with Crippen molar-refractivity contribution in [3.63, 3.8) is 0 Å². The summed E-state index contributed by atoms with van der Waals surface area (Å²) in [5.74, 6) is -0.213. The van der Waals surface area contributed by atoms with Gasteiger partial charge in [-0.05, 0) is 19.1 Å². The van der Waals surface area contributed by atoms with Crippen LogP contribution >= 0.6 is 0 Å². The van der Waals surface area contributed by atoms with Crippen molar-refractivity contribution >= 4 is 11.8 Å². The topological polar surface area (TPSA) is 69.6 Å². The molecule has 0 aliphatic carbocycles. The lowest BCUT2D eigenvalue weighted by Gasteiger charge is -2.18. The smallest absolute Gasteiger partial charge is 0.254 e. The fourth-order valence-electron chi connectivity index (χ4n) is 1.56. The van der Waals surface area contributed by atoms with Crippen molar-refractivity contribution in [1.29, 1.82) is 0 Å². The molecule has 1 aromatic rings. The van der Waals surface area contributed by atoms with E-state index in [1.165, 1.54) is 11.0 Å². The molecule has 1 aromatic carbocycles. The molecule has 0 atom stereocenters. The Labute approximate surface area is 106 Å². The van der Waals surface area contributed by atoms with Gasteiger partial charge in [-0.2, -0.15) is 0 Å². The molecule has 0 aromatic heterocycles. The van der Waals surface area contributed by atoms with Gasteiger partial charge in [0.2, 0.25) is 5.91 Å². The summed E-state index contributed by atoms with van der Waals surface area (Å²) in [5, 5.41) is 12.1.